The van der Waals surface area contributed by atoms with E-state index in [4.69, 9.17) is 11.6 Å². The molecule has 9 heteroatoms. The number of rotatable bonds is 4. The normalized spacial score (nSPS) is 10.6. The molecule has 1 aromatic carbocycles. The van der Waals surface area contributed by atoms with Gasteiger partial charge >= 0.3 is 29.6 Å². The van der Waals surface area contributed by atoms with Gasteiger partial charge in [-0.15, -0.1) is 11.3 Å². The predicted molar refractivity (Wildman–Crippen MR) is 84.7 cm³/mol. The van der Waals surface area contributed by atoms with Crippen LogP contribution in [0.2, 0.25) is 5.02 Å². The van der Waals surface area contributed by atoms with Crippen LogP contribution in [0, 0.1) is 0 Å². The van der Waals surface area contributed by atoms with Gasteiger partial charge in [-0.1, -0.05) is 30.7 Å². The van der Waals surface area contributed by atoms with E-state index in [1.165, 1.54) is 6.07 Å². The molecule has 0 fully saturated rings. The molecule has 1 aromatic heterocycles. The fraction of sp³-hybridized carbons (Fsp3) is 0.154. The molecule has 0 aliphatic carbocycles. The van der Waals surface area contributed by atoms with Crippen LogP contribution in [0.15, 0.2) is 40.6 Å². The monoisotopic (exact) mass is 366 g/mol. The van der Waals surface area contributed by atoms with Gasteiger partial charge in [0.25, 0.3) is 0 Å². The van der Waals surface area contributed by atoms with Crippen LogP contribution in [0.25, 0.3) is 4.72 Å². The zero-order chi connectivity index (χ0) is 15.5. The molecule has 2 rings (SSSR count). The Morgan fingerprint density at radius 3 is 2.41 bits per heavy atom. The van der Waals surface area contributed by atoms with Crippen LogP contribution in [-0.2, 0) is 16.4 Å². The number of amides is 2. The Hall–Kier alpha value is -0.570. The topological polar surface area (TPSA) is 77.3 Å². The summed E-state index contributed by atoms with van der Waals surface area (Å²) < 4.78 is 27.3. The van der Waals surface area contributed by atoms with Crippen molar-refractivity contribution in [3.05, 3.63) is 51.0 Å². The molecule has 22 heavy (non-hydrogen) atoms. The molecule has 0 saturated heterocycles. The maximum atomic E-state index is 12.0. The molecule has 2 aromatic rings. The summed E-state index contributed by atoms with van der Waals surface area (Å²) in [4.78, 5) is 12.6. The fourth-order valence-electron chi connectivity index (χ4n) is 1.52. The van der Waals surface area contributed by atoms with Crippen molar-refractivity contribution < 1.29 is 42.8 Å². The second-order valence-electron chi connectivity index (χ2n) is 4.08. The molecule has 0 unspecified atom stereocenters. The molecule has 1 N–H and O–H groups in total. The van der Waals surface area contributed by atoms with Crippen LogP contribution < -0.4 is 34.9 Å². The molecule has 0 bridgehead atoms. The van der Waals surface area contributed by atoms with Gasteiger partial charge in [0.2, 0.25) is 10.0 Å². The van der Waals surface area contributed by atoms with E-state index in [-0.39, 0.29) is 33.8 Å². The minimum atomic E-state index is -3.97. The number of anilines is 1. The summed E-state index contributed by atoms with van der Waals surface area (Å²) in [6.45, 7) is 1.92. The third-order valence-corrected chi connectivity index (χ3v) is 5.75. The first-order valence-electron chi connectivity index (χ1n) is 6.04. The number of benzene rings is 1. The number of aryl methyl sites for hydroxylation is 1. The van der Waals surface area contributed by atoms with Gasteiger partial charge in [0, 0.05) is 9.90 Å². The minimum Gasteiger partial charge on any atom is -0.424 e. The summed E-state index contributed by atoms with van der Waals surface area (Å²) in [6.07, 6.45) is 0.733. The molecule has 0 saturated carbocycles. The van der Waals surface area contributed by atoms with E-state index in [9.17, 15) is 13.2 Å². The van der Waals surface area contributed by atoms with E-state index < -0.39 is 16.1 Å². The van der Waals surface area contributed by atoms with Crippen molar-refractivity contribution in [3.8, 4) is 0 Å². The summed E-state index contributed by atoms with van der Waals surface area (Å²) in [5.41, 5.74) is 0.420. The number of hydrogen-bond donors (Lipinski definition) is 1. The predicted octanol–water partition coefficient (Wildman–Crippen LogP) is 1.26. The van der Waals surface area contributed by atoms with Crippen molar-refractivity contribution in [2.24, 2.45) is 0 Å². The largest absolute Gasteiger partial charge is 1.00 e. The number of carbonyl (C=O) groups excluding carboxylic acids is 1. The standard InChI is InChI=1S/C13H13ClN2O3S2.Na/c1-2-11-7-8-12(20-11)21(18,19)16-13(17)15-10-5-3-9(14)4-6-10;/h3-8H,2H2,1H3,(H2,15,16,17);/q;+1/p-1. The molecule has 0 aliphatic heterocycles. The zero-order valence-corrected chi connectivity index (χ0v) is 16.4. The third-order valence-electron chi connectivity index (χ3n) is 2.54. The van der Waals surface area contributed by atoms with Crippen LogP contribution in [-0.4, -0.2) is 14.4 Å². The van der Waals surface area contributed by atoms with Gasteiger partial charge in [-0.25, -0.2) is 8.42 Å². The molecule has 2 amide bonds. The van der Waals surface area contributed by atoms with Gasteiger partial charge < -0.3 is 10.0 Å². The van der Waals surface area contributed by atoms with Crippen molar-refractivity contribution in [2.75, 3.05) is 5.32 Å². The van der Waals surface area contributed by atoms with Crippen LogP contribution in [0.5, 0.6) is 0 Å². The van der Waals surface area contributed by atoms with Gasteiger partial charge in [0.15, 0.2) is 6.03 Å². The van der Waals surface area contributed by atoms with E-state index in [1.807, 2.05) is 6.92 Å². The summed E-state index contributed by atoms with van der Waals surface area (Å²) >= 11 is 6.83. The Labute approximate surface area is 160 Å². The Morgan fingerprint density at radius 2 is 1.86 bits per heavy atom. The van der Waals surface area contributed by atoms with E-state index in [2.05, 4.69) is 10.0 Å². The van der Waals surface area contributed by atoms with Gasteiger partial charge in [-0.3, -0.25) is 4.79 Å². The molecule has 0 radical (unpaired) electrons. The number of nitrogens with zero attached hydrogens (tertiary/aromatic N) is 1. The maximum absolute atomic E-state index is 12.0. The molecule has 1 heterocycles. The van der Waals surface area contributed by atoms with Crippen molar-refractivity contribution in [1.82, 2.24) is 0 Å². The maximum Gasteiger partial charge on any atom is 1.00 e. The number of hydrogen-bond acceptors (Lipinski definition) is 4. The number of carbonyl (C=O) groups is 1. The number of thiophene rings is 1. The van der Waals surface area contributed by atoms with Crippen molar-refractivity contribution in [3.63, 3.8) is 0 Å². The summed E-state index contributed by atoms with van der Waals surface area (Å²) in [6, 6.07) is 8.51. The van der Waals surface area contributed by atoms with E-state index in [0.717, 1.165) is 22.6 Å². The van der Waals surface area contributed by atoms with Crippen LogP contribution in [0.1, 0.15) is 11.8 Å². The summed E-state index contributed by atoms with van der Waals surface area (Å²) in [7, 11) is -3.97. The Kier molecular flexibility index (Phi) is 7.37. The molecular formula is C13H12ClN2NaO3S2. The SMILES string of the molecule is CCc1ccc(S(=O)(=O)[N-]C(=O)Nc2ccc(Cl)cc2)s1.[Na+]. The minimum absolute atomic E-state index is 0. The number of sulfonamides is 1. The summed E-state index contributed by atoms with van der Waals surface area (Å²) in [5.74, 6) is 0. The first-order chi connectivity index (χ1) is 9.90. The van der Waals surface area contributed by atoms with Gasteiger partial charge in [-0.2, -0.15) is 0 Å². The van der Waals surface area contributed by atoms with Crippen LogP contribution in [0.4, 0.5) is 10.5 Å². The Bertz CT molecular complexity index is 745. The molecular weight excluding hydrogens is 355 g/mol. The van der Waals surface area contributed by atoms with Crippen molar-refractivity contribution in [1.29, 1.82) is 0 Å². The second kappa shape index (κ2) is 8.33. The fourth-order valence-corrected chi connectivity index (χ4v) is 3.77. The van der Waals surface area contributed by atoms with Crippen LogP contribution >= 0.6 is 22.9 Å². The van der Waals surface area contributed by atoms with Gasteiger partial charge in [-0.05, 0) is 36.4 Å². The number of nitrogens with one attached hydrogen (secondary N) is 1. The molecule has 0 aliphatic rings. The van der Waals surface area contributed by atoms with E-state index in [1.54, 1.807) is 30.3 Å². The van der Waals surface area contributed by atoms with Gasteiger partial charge in [0.1, 0.15) is 4.21 Å². The first kappa shape index (κ1) is 19.5. The Morgan fingerprint density at radius 1 is 1.23 bits per heavy atom. The average molecular weight is 367 g/mol. The second-order valence-corrected chi connectivity index (χ2v) is 7.51. The van der Waals surface area contributed by atoms with Crippen LogP contribution in [0.3, 0.4) is 0 Å². The van der Waals surface area contributed by atoms with E-state index in [0.29, 0.717) is 10.7 Å². The van der Waals surface area contributed by atoms with E-state index >= 15 is 0 Å². The first-order valence-corrected chi connectivity index (χ1v) is 8.67. The van der Waals surface area contributed by atoms with Crippen molar-refractivity contribution >= 4 is 44.7 Å². The quantitative estimate of drug-likeness (QED) is 0.827. The van der Waals surface area contributed by atoms with Gasteiger partial charge in [0.05, 0.1) is 0 Å². The number of halogens is 1. The molecule has 5 nitrogen and oxygen atoms in total. The Balaban J connectivity index is 0.00000242. The average Bonchev–Trinajstić information content (AvgIpc) is 2.90. The van der Waals surface area contributed by atoms with Crippen molar-refractivity contribution in [2.45, 2.75) is 17.6 Å². The third kappa shape index (κ3) is 5.26. The molecule has 112 valence electrons. The molecule has 0 atom stereocenters. The smallest absolute Gasteiger partial charge is 0.424 e. The number of urea groups is 1. The summed E-state index contributed by atoms with van der Waals surface area (Å²) in [5, 5.41) is 2.89. The zero-order valence-electron chi connectivity index (χ0n) is 12.0. The molecule has 0 spiro atoms.